The van der Waals surface area contributed by atoms with E-state index in [1.54, 1.807) is 30.3 Å². The van der Waals surface area contributed by atoms with Crippen LogP contribution in [0.15, 0.2) is 59.5 Å². The van der Waals surface area contributed by atoms with Gasteiger partial charge >= 0.3 is 5.97 Å². The Morgan fingerprint density at radius 1 is 0.958 bits per heavy atom. The van der Waals surface area contributed by atoms with Gasteiger partial charge in [-0.3, -0.25) is 4.31 Å². The largest absolute Gasteiger partial charge is 0.480 e. The molecule has 0 radical (unpaired) electrons. The maximum absolute atomic E-state index is 13.1. The molecule has 0 saturated carbocycles. The minimum atomic E-state index is -4.00. The van der Waals surface area contributed by atoms with Gasteiger partial charge in [0.25, 0.3) is 10.0 Å². The number of anilines is 1. The van der Waals surface area contributed by atoms with E-state index in [9.17, 15) is 18.3 Å². The molecule has 0 aromatic heterocycles. The van der Waals surface area contributed by atoms with Crippen LogP contribution in [-0.4, -0.2) is 25.5 Å². The standard InChI is InChI=1S/C18H21NO4S/c1-13(2)16-11-7-8-12-17(16)19(14(3)18(20)21)24(22,23)15-9-5-4-6-10-15/h4-14H,1-3H3,(H,20,21). The minimum absolute atomic E-state index is 0.0515. The highest BCUT2D eigenvalue weighted by atomic mass is 32.2. The molecule has 1 unspecified atom stereocenters. The zero-order chi connectivity index (χ0) is 17.9. The second-order valence-electron chi connectivity index (χ2n) is 5.84. The molecule has 0 amide bonds. The van der Waals surface area contributed by atoms with Crippen molar-refractivity contribution in [3.63, 3.8) is 0 Å². The summed E-state index contributed by atoms with van der Waals surface area (Å²) >= 11 is 0. The molecule has 0 fully saturated rings. The summed E-state index contributed by atoms with van der Waals surface area (Å²) in [4.78, 5) is 11.6. The average Bonchev–Trinajstić information content (AvgIpc) is 2.55. The maximum atomic E-state index is 13.1. The highest BCUT2D eigenvalue weighted by Gasteiger charge is 2.34. The Morgan fingerprint density at radius 2 is 1.50 bits per heavy atom. The summed E-state index contributed by atoms with van der Waals surface area (Å²) in [5, 5.41) is 9.45. The highest BCUT2D eigenvalue weighted by Crippen LogP contribution is 2.33. The van der Waals surface area contributed by atoms with Gasteiger partial charge < -0.3 is 5.11 Å². The molecule has 0 aliphatic carbocycles. The number of aliphatic carboxylic acids is 1. The molecule has 24 heavy (non-hydrogen) atoms. The van der Waals surface area contributed by atoms with Crippen LogP contribution in [0.25, 0.3) is 0 Å². The molecule has 5 nitrogen and oxygen atoms in total. The molecule has 1 N–H and O–H groups in total. The van der Waals surface area contributed by atoms with Crippen LogP contribution in [0.1, 0.15) is 32.3 Å². The van der Waals surface area contributed by atoms with E-state index in [4.69, 9.17) is 0 Å². The fraction of sp³-hybridized carbons (Fsp3) is 0.278. The van der Waals surface area contributed by atoms with Crippen LogP contribution in [0.5, 0.6) is 0 Å². The van der Waals surface area contributed by atoms with Crippen LogP contribution in [0.2, 0.25) is 0 Å². The van der Waals surface area contributed by atoms with Gasteiger partial charge in [-0.15, -0.1) is 0 Å². The van der Waals surface area contributed by atoms with E-state index in [1.165, 1.54) is 19.1 Å². The molecule has 0 bridgehead atoms. The Hall–Kier alpha value is -2.34. The number of carbonyl (C=O) groups is 1. The fourth-order valence-corrected chi connectivity index (χ4v) is 4.19. The average molecular weight is 347 g/mol. The molecule has 2 aromatic carbocycles. The van der Waals surface area contributed by atoms with Crippen molar-refractivity contribution in [2.24, 2.45) is 0 Å². The van der Waals surface area contributed by atoms with Crippen molar-refractivity contribution in [3.8, 4) is 0 Å². The molecular formula is C18H21NO4S. The van der Waals surface area contributed by atoms with E-state index in [0.717, 1.165) is 9.87 Å². The number of sulfonamides is 1. The summed E-state index contributed by atoms with van der Waals surface area (Å²) in [6.45, 7) is 5.26. The number of benzene rings is 2. The second-order valence-corrected chi connectivity index (χ2v) is 7.66. The van der Waals surface area contributed by atoms with Gasteiger partial charge in [0.05, 0.1) is 10.6 Å². The van der Waals surface area contributed by atoms with Gasteiger partial charge in [-0.25, -0.2) is 13.2 Å². The number of rotatable bonds is 6. The highest BCUT2D eigenvalue weighted by molar-refractivity contribution is 7.93. The topological polar surface area (TPSA) is 74.7 Å². The van der Waals surface area contributed by atoms with E-state index in [2.05, 4.69) is 0 Å². The van der Waals surface area contributed by atoms with Gasteiger partial charge in [0, 0.05) is 0 Å². The molecule has 0 saturated heterocycles. The number of para-hydroxylation sites is 1. The van der Waals surface area contributed by atoms with Crippen LogP contribution in [0, 0.1) is 0 Å². The minimum Gasteiger partial charge on any atom is -0.480 e. The lowest BCUT2D eigenvalue weighted by Crippen LogP contribution is -2.44. The number of hydrogen-bond donors (Lipinski definition) is 1. The van der Waals surface area contributed by atoms with E-state index in [0.29, 0.717) is 5.69 Å². The second kappa shape index (κ2) is 7.05. The lowest BCUT2D eigenvalue weighted by Gasteiger charge is -2.30. The lowest BCUT2D eigenvalue weighted by molar-refractivity contribution is -0.137. The van der Waals surface area contributed by atoms with Crippen LogP contribution in [-0.2, 0) is 14.8 Å². The van der Waals surface area contributed by atoms with Gasteiger partial charge in [0.2, 0.25) is 0 Å². The SMILES string of the molecule is CC(C)c1ccccc1N(C(C)C(=O)O)S(=O)(=O)c1ccccc1. The fourth-order valence-electron chi connectivity index (χ4n) is 2.53. The molecule has 2 aromatic rings. The predicted molar refractivity (Wildman–Crippen MR) is 93.7 cm³/mol. The van der Waals surface area contributed by atoms with Crippen LogP contribution < -0.4 is 4.31 Å². The van der Waals surface area contributed by atoms with Crippen LogP contribution >= 0.6 is 0 Å². The first-order valence-corrected chi connectivity index (χ1v) is 9.12. The maximum Gasteiger partial charge on any atom is 0.327 e. The Bertz CT molecular complexity index is 816. The summed E-state index contributed by atoms with van der Waals surface area (Å²) < 4.78 is 27.2. The third-order valence-electron chi connectivity index (χ3n) is 3.81. The van der Waals surface area contributed by atoms with Gasteiger partial charge in [0.15, 0.2) is 0 Å². The normalized spacial score (nSPS) is 12.8. The Morgan fingerprint density at radius 3 is 2.04 bits per heavy atom. The van der Waals surface area contributed by atoms with Gasteiger partial charge in [-0.2, -0.15) is 0 Å². The van der Waals surface area contributed by atoms with Crippen molar-refractivity contribution in [1.82, 2.24) is 0 Å². The van der Waals surface area contributed by atoms with Crippen molar-refractivity contribution in [1.29, 1.82) is 0 Å². The molecule has 128 valence electrons. The van der Waals surface area contributed by atoms with E-state index in [-0.39, 0.29) is 10.8 Å². The quantitative estimate of drug-likeness (QED) is 0.868. The first-order chi connectivity index (χ1) is 11.3. The Balaban J connectivity index is 2.70. The van der Waals surface area contributed by atoms with Crippen molar-refractivity contribution in [3.05, 3.63) is 60.2 Å². The van der Waals surface area contributed by atoms with Crippen molar-refractivity contribution >= 4 is 21.7 Å². The van der Waals surface area contributed by atoms with Gasteiger partial charge in [-0.1, -0.05) is 50.2 Å². The summed E-state index contributed by atoms with van der Waals surface area (Å²) in [5.41, 5.74) is 1.18. The first kappa shape index (κ1) is 18.0. The zero-order valence-electron chi connectivity index (χ0n) is 13.9. The number of nitrogens with zero attached hydrogens (tertiary/aromatic N) is 1. The summed E-state index contributed by atoms with van der Waals surface area (Å²) in [6.07, 6.45) is 0. The van der Waals surface area contributed by atoms with Crippen LogP contribution in [0.4, 0.5) is 5.69 Å². The molecule has 0 spiro atoms. The smallest absolute Gasteiger partial charge is 0.327 e. The molecular weight excluding hydrogens is 326 g/mol. The molecule has 2 rings (SSSR count). The van der Waals surface area contributed by atoms with Gasteiger partial charge in [-0.05, 0) is 36.6 Å². The Kier molecular flexibility index (Phi) is 5.29. The van der Waals surface area contributed by atoms with E-state index >= 15 is 0 Å². The zero-order valence-corrected chi connectivity index (χ0v) is 14.7. The monoisotopic (exact) mass is 347 g/mol. The third kappa shape index (κ3) is 3.43. The van der Waals surface area contributed by atoms with Crippen molar-refractivity contribution < 1.29 is 18.3 Å². The van der Waals surface area contributed by atoms with E-state index in [1.807, 2.05) is 26.0 Å². The first-order valence-electron chi connectivity index (χ1n) is 7.68. The third-order valence-corrected chi connectivity index (χ3v) is 5.70. The van der Waals surface area contributed by atoms with E-state index < -0.39 is 22.0 Å². The molecule has 6 heteroatoms. The number of hydrogen-bond acceptors (Lipinski definition) is 3. The number of carboxylic acid groups (broad SMARTS) is 1. The molecule has 1 atom stereocenters. The number of carboxylic acids is 1. The van der Waals surface area contributed by atoms with Crippen molar-refractivity contribution in [2.45, 2.75) is 37.6 Å². The summed E-state index contributed by atoms with van der Waals surface area (Å²) in [5.74, 6) is -1.15. The molecule has 0 heterocycles. The molecule has 0 aliphatic heterocycles. The Labute approximate surface area is 142 Å². The van der Waals surface area contributed by atoms with Gasteiger partial charge in [0.1, 0.15) is 6.04 Å². The molecule has 0 aliphatic rings. The predicted octanol–water partition coefficient (Wildman–Crippen LogP) is 3.48. The lowest BCUT2D eigenvalue weighted by atomic mass is 10.0. The van der Waals surface area contributed by atoms with Crippen molar-refractivity contribution in [2.75, 3.05) is 4.31 Å². The summed E-state index contributed by atoms with van der Waals surface area (Å²) in [6, 6.07) is 13.7. The van der Waals surface area contributed by atoms with Crippen LogP contribution in [0.3, 0.4) is 0 Å². The summed E-state index contributed by atoms with van der Waals surface area (Å²) in [7, 11) is -4.00.